The molecule has 3 aromatic rings. The largest absolute Gasteiger partial charge is 0.336 e. The molecule has 168 valence electrons. The number of hydrogen-bond acceptors (Lipinski definition) is 5. The Balaban J connectivity index is 1.40. The lowest BCUT2D eigenvalue weighted by atomic mass is 10.1. The van der Waals surface area contributed by atoms with Crippen LogP contribution in [0.25, 0.3) is 0 Å². The lowest BCUT2D eigenvalue weighted by molar-refractivity contribution is -0.384. The van der Waals surface area contributed by atoms with Crippen LogP contribution in [0.3, 0.4) is 0 Å². The van der Waals surface area contributed by atoms with E-state index in [9.17, 15) is 19.7 Å². The topological polar surface area (TPSA) is 95.8 Å². The first kappa shape index (κ1) is 22.2. The van der Waals surface area contributed by atoms with Gasteiger partial charge in [0.25, 0.3) is 17.5 Å². The summed E-state index contributed by atoms with van der Waals surface area (Å²) in [5.41, 5.74) is 2.27. The third kappa shape index (κ3) is 5.42. The molecule has 3 aromatic carbocycles. The summed E-state index contributed by atoms with van der Waals surface area (Å²) in [6.07, 6.45) is 0. The SMILES string of the molecule is O=C(Nc1ccccc1C(=O)N1CCN(Cc2ccccc2)CC1)c1ccc([N+](=O)[O-])cc1. The molecule has 0 aromatic heterocycles. The molecule has 1 aliphatic heterocycles. The van der Waals surface area contributed by atoms with Gasteiger partial charge >= 0.3 is 0 Å². The number of non-ortho nitro benzene ring substituents is 1. The molecule has 4 rings (SSSR count). The highest BCUT2D eigenvalue weighted by Crippen LogP contribution is 2.20. The predicted octanol–water partition coefficient (Wildman–Crippen LogP) is 3.81. The van der Waals surface area contributed by atoms with E-state index < -0.39 is 10.8 Å². The number of benzene rings is 3. The van der Waals surface area contributed by atoms with E-state index in [1.807, 2.05) is 18.2 Å². The molecule has 1 saturated heterocycles. The van der Waals surface area contributed by atoms with Crippen molar-refractivity contribution in [1.29, 1.82) is 0 Å². The van der Waals surface area contributed by atoms with Crippen LogP contribution < -0.4 is 5.32 Å². The first-order chi connectivity index (χ1) is 16.0. The number of nitro groups is 1. The van der Waals surface area contributed by atoms with Gasteiger partial charge in [-0.05, 0) is 29.8 Å². The minimum Gasteiger partial charge on any atom is -0.336 e. The van der Waals surface area contributed by atoms with Crippen LogP contribution in [-0.4, -0.2) is 52.7 Å². The maximum Gasteiger partial charge on any atom is 0.269 e. The molecule has 8 heteroatoms. The van der Waals surface area contributed by atoms with Crippen molar-refractivity contribution in [2.45, 2.75) is 6.54 Å². The van der Waals surface area contributed by atoms with Crippen molar-refractivity contribution >= 4 is 23.2 Å². The number of carbonyl (C=O) groups excluding carboxylic acids is 2. The highest BCUT2D eigenvalue weighted by Gasteiger charge is 2.24. The highest BCUT2D eigenvalue weighted by atomic mass is 16.6. The number of carbonyl (C=O) groups is 2. The van der Waals surface area contributed by atoms with Gasteiger partial charge in [0, 0.05) is 50.4 Å². The van der Waals surface area contributed by atoms with Gasteiger partial charge in [-0.15, -0.1) is 0 Å². The number of amides is 2. The van der Waals surface area contributed by atoms with Gasteiger partial charge in [-0.3, -0.25) is 24.6 Å². The standard InChI is InChI=1S/C25H24N4O4/c30-24(20-10-12-21(13-11-20)29(32)33)26-23-9-5-4-8-22(23)25(31)28-16-14-27(15-17-28)18-19-6-2-1-3-7-19/h1-13H,14-18H2,(H,26,30). The maximum absolute atomic E-state index is 13.2. The van der Waals surface area contributed by atoms with Crippen molar-refractivity contribution in [1.82, 2.24) is 9.80 Å². The normalized spacial score (nSPS) is 14.0. The Bertz CT molecular complexity index is 1140. The van der Waals surface area contributed by atoms with Crippen LogP contribution in [0.2, 0.25) is 0 Å². The molecule has 1 aliphatic rings. The van der Waals surface area contributed by atoms with E-state index in [0.717, 1.165) is 19.6 Å². The molecule has 0 spiro atoms. The monoisotopic (exact) mass is 444 g/mol. The summed E-state index contributed by atoms with van der Waals surface area (Å²) in [6.45, 7) is 3.62. The Kier molecular flexibility index (Phi) is 6.75. The van der Waals surface area contributed by atoms with Crippen LogP contribution in [0.15, 0.2) is 78.9 Å². The van der Waals surface area contributed by atoms with Crippen molar-refractivity contribution in [2.24, 2.45) is 0 Å². The molecule has 1 fully saturated rings. The number of rotatable bonds is 6. The summed E-state index contributed by atoms with van der Waals surface area (Å²) < 4.78 is 0. The van der Waals surface area contributed by atoms with Crippen molar-refractivity contribution in [3.8, 4) is 0 Å². The first-order valence-corrected chi connectivity index (χ1v) is 10.7. The van der Waals surface area contributed by atoms with E-state index in [1.54, 1.807) is 29.2 Å². The summed E-state index contributed by atoms with van der Waals surface area (Å²) >= 11 is 0. The number of nitro benzene ring substituents is 1. The van der Waals surface area contributed by atoms with Gasteiger partial charge in [-0.25, -0.2) is 0 Å². The Morgan fingerprint density at radius 3 is 2.15 bits per heavy atom. The first-order valence-electron chi connectivity index (χ1n) is 10.7. The lowest BCUT2D eigenvalue weighted by Crippen LogP contribution is -2.48. The fraction of sp³-hybridized carbons (Fsp3) is 0.200. The molecule has 0 radical (unpaired) electrons. The zero-order chi connectivity index (χ0) is 23.2. The van der Waals surface area contributed by atoms with E-state index in [2.05, 4.69) is 22.3 Å². The summed E-state index contributed by atoms with van der Waals surface area (Å²) in [4.78, 5) is 40.3. The van der Waals surface area contributed by atoms with Gasteiger partial charge < -0.3 is 10.2 Å². The van der Waals surface area contributed by atoms with E-state index >= 15 is 0 Å². The van der Waals surface area contributed by atoms with Gasteiger partial charge in [-0.2, -0.15) is 0 Å². The Morgan fingerprint density at radius 1 is 0.848 bits per heavy atom. The van der Waals surface area contributed by atoms with Crippen LogP contribution in [0.5, 0.6) is 0 Å². The zero-order valence-electron chi connectivity index (χ0n) is 18.0. The average molecular weight is 444 g/mol. The molecule has 0 saturated carbocycles. The molecule has 0 unspecified atom stereocenters. The van der Waals surface area contributed by atoms with Crippen LogP contribution in [0, 0.1) is 10.1 Å². The average Bonchev–Trinajstić information content (AvgIpc) is 2.85. The number of piperazine rings is 1. The lowest BCUT2D eigenvalue weighted by Gasteiger charge is -2.35. The quantitative estimate of drug-likeness (QED) is 0.461. The van der Waals surface area contributed by atoms with Crippen molar-refractivity contribution < 1.29 is 14.5 Å². The Hall–Kier alpha value is -4.04. The molecule has 8 nitrogen and oxygen atoms in total. The van der Waals surface area contributed by atoms with E-state index in [0.29, 0.717) is 24.3 Å². The molecule has 33 heavy (non-hydrogen) atoms. The van der Waals surface area contributed by atoms with Gasteiger partial charge in [0.05, 0.1) is 16.2 Å². The number of nitrogens with zero attached hydrogens (tertiary/aromatic N) is 3. The van der Waals surface area contributed by atoms with Crippen LogP contribution in [-0.2, 0) is 6.54 Å². The van der Waals surface area contributed by atoms with Crippen LogP contribution >= 0.6 is 0 Å². The smallest absolute Gasteiger partial charge is 0.269 e. The molecule has 1 heterocycles. The number of anilines is 1. The summed E-state index contributed by atoms with van der Waals surface area (Å²) in [6, 6.07) is 22.5. The molecule has 2 amide bonds. The molecular formula is C25H24N4O4. The van der Waals surface area contributed by atoms with E-state index in [-0.39, 0.29) is 17.2 Å². The fourth-order valence-corrected chi connectivity index (χ4v) is 3.83. The number of hydrogen-bond donors (Lipinski definition) is 1. The Labute approximate surface area is 191 Å². The van der Waals surface area contributed by atoms with E-state index in [1.165, 1.54) is 29.8 Å². The second kappa shape index (κ2) is 10.1. The number of para-hydroxylation sites is 1. The maximum atomic E-state index is 13.2. The summed E-state index contributed by atoms with van der Waals surface area (Å²) in [7, 11) is 0. The minimum atomic E-state index is -0.519. The van der Waals surface area contributed by atoms with Crippen molar-refractivity contribution in [2.75, 3.05) is 31.5 Å². The third-order valence-corrected chi connectivity index (χ3v) is 5.65. The fourth-order valence-electron chi connectivity index (χ4n) is 3.83. The molecular weight excluding hydrogens is 420 g/mol. The highest BCUT2D eigenvalue weighted by molar-refractivity contribution is 6.09. The van der Waals surface area contributed by atoms with Crippen LogP contribution in [0.4, 0.5) is 11.4 Å². The predicted molar refractivity (Wildman–Crippen MR) is 125 cm³/mol. The third-order valence-electron chi connectivity index (χ3n) is 5.65. The van der Waals surface area contributed by atoms with Gasteiger partial charge in [0.15, 0.2) is 0 Å². The molecule has 0 aliphatic carbocycles. The second-order valence-electron chi connectivity index (χ2n) is 7.86. The molecule has 1 N–H and O–H groups in total. The van der Waals surface area contributed by atoms with Gasteiger partial charge in [0.1, 0.15) is 0 Å². The molecule has 0 atom stereocenters. The van der Waals surface area contributed by atoms with Crippen molar-refractivity contribution in [3.63, 3.8) is 0 Å². The zero-order valence-corrected chi connectivity index (χ0v) is 18.0. The van der Waals surface area contributed by atoms with E-state index in [4.69, 9.17) is 0 Å². The van der Waals surface area contributed by atoms with Crippen molar-refractivity contribution in [3.05, 3.63) is 106 Å². The minimum absolute atomic E-state index is 0.0893. The van der Waals surface area contributed by atoms with Crippen LogP contribution in [0.1, 0.15) is 26.3 Å². The molecule has 0 bridgehead atoms. The summed E-state index contributed by atoms with van der Waals surface area (Å²) in [5, 5.41) is 13.6. The van der Waals surface area contributed by atoms with Gasteiger partial charge in [0.2, 0.25) is 0 Å². The number of nitrogens with one attached hydrogen (secondary N) is 1. The summed E-state index contributed by atoms with van der Waals surface area (Å²) in [5.74, 6) is -0.563. The van der Waals surface area contributed by atoms with Gasteiger partial charge in [-0.1, -0.05) is 42.5 Å². The Morgan fingerprint density at radius 2 is 1.48 bits per heavy atom. The second-order valence-corrected chi connectivity index (χ2v) is 7.86.